The van der Waals surface area contributed by atoms with Gasteiger partial charge in [0.2, 0.25) is 5.91 Å². The van der Waals surface area contributed by atoms with Gasteiger partial charge in [0.25, 0.3) is 0 Å². The first-order valence-electron chi connectivity index (χ1n) is 19.8. The molecular formula is C43H72N2O5. The molecule has 0 aliphatic rings. The zero-order valence-corrected chi connectivity index (χ0v) is 31.7. The van der Waals surface area contributed by atoms with Gasteiger partial charge in [0.15, 0.2) is 0 Å². The van der Waals surface area contributed by atoms with E-state index in [0.717, 1.165) is 109 Å². The van der Waals surface area contributed by atoms with Gasteiger partial charge in [-0.25, -0.2) is 4.79 Å². The van der Waals surface area contributed by atoms with Crippen molar-refractivity contribution >= 4 is 17.8 Å². The van der Waals surface area contributed by atoms with Crippen molar-refractivity contribution in [3.05, 3.63) is 72.9 Å². The van der Waals surface area contributed by atoms with Crippen LogP contribution in [0.2, 0.25) is 0 Å². The number of rotatable bonds is 34. The molecule has 0 aromatic rings. The number of nitrogens with one attached hydrogen (secondary N) is 1. The lowest BCUT2D eigenvalue weighted by Crippen LogP contribution is -2.40. The van der Waals surface area contributed by atoms with Crippen molar-refractivity contribution in [3.8, 4) is 0 Å². The Morgan fingerprint density at radius 3 is 1.68 bits per heavy atom. The van der Waals surface area contributed by atoms with Crippen LogP contribution in [0.25, 0.3) is 0 Å². The zero-order chi connectivity index (χ0) is 36.8. The number of carboxylic acids is 1. The molecule has 0 saturated carbocycles. The van der Waals surface area contributed by atoms with Crippen LogP contribution in [0.15, 0.2) is 72.9 Å². The predicted octanol–water partition coefficient (Wildman–Crippen LogP) is 10.8. The Balaban J connectivity index is 4.35. The highest BCUT2D eigenvalue weighted by Gasteiger charge is 2.18. The van der Waals surface area contributed by atoms with Crippen LogP contribution in [0, 0.1) is 0 Å². The van der Waals surface area contributed by atoms with Gasteiger partial charge in [0.05, 0.1) is 0 Å². The molecule has 0 aliphatic heterocycles. The Labute approximate surface area is 305 Å². The minimum absolute atomic E-state index is 0.104. The number of hydrogen-bond donors (Lipinski definition) is 3. The van der Waals surface area contributed by atoms with E-state index >= 15 is 0 Å². The third-order valence-corrected chi connectivity index (χ3v) is 8.25. The summed E-state index contributed by atoms with van der Waals surface area (Å²) in [6, 6.07) is -0.861. The molecule has 7 heteroatoms. The Morgan fingerprint density at radius 2 is 1.10 bits per heavy atom. The third kappa shape index (κ3) is 33.3. The van der Waals surface area contributed by atoms with Crippen LogP contribution >= 0.6 is 0 Å². The maximum absolute atomic E-state index is 12.7. The first-order valence-corrected chi connectivity index (χ1v) is 19.8. The van der Waals surface area contributed by atoms with E-state index < -0.39 is 12.0 Å². The molecule has 0 saturated heterocycles. The van der Waals surface area contributed by atoms with E-state index in [1.165, 1.54) is 12.8 Å². The molecule has 0 fully saturated rings. The smallest absolute Gasteiger partial charge is 0.326 e. The highest BCUT2D eigenvalue weighted by Crippen LogP contribution is 2.15. The largest absolute Gasteiger partial charge is 0.480 e. The summed E-state index contributed by atoms with van der Waals surface area (Å²) in [7, 11) is 0. The molecule has 0 rings (SSSR count). The third-order valence-electron chi connectivity index (χ3n) is 8.25. The lowest BCUT2D eigenvalue weighted by atomic mass is 10.0. The highest BCUT2D eigenvalue weighted by molar-refractivity contribution is 5.83. The molecule has 0 aromatic carbocycles. The SMILES string of the molecule is CC/C=C\C/C=C\C/C=C\CCCCCCCC(=O)OC(/C=C\C/C=C\C/C=C\CC)CCCCCCCCC(=O)NC(CCCN)C(=O)O. The van der Waals surface area contributed by atoms with Gasteiger partial charge in [-0.2, -0.15) is 0 Å². The van der Waals surface area contributed by atoms with Gasteiger partial charge in [-0.3, -0.25) is 9.59 Å². The van der Waals surface area contributed by atoms with E-state index in [1.54, 1.807) is 0 Å². The Morgan fingerprint density at radius 1 is 0.600 bits per heavy atom. The molecule has 0 heterocycles. The van der Waals surface area contributed by atoms with Crippen molar-refractivity contribution in [1.29, 1.82) is 0 Å². The number of aliphatic carboxylic acids is 1. The number of esters is 1. The fourth-order valence-corrected chi connectivity index (χ4v) is 5.34. The summed E-state index contributed by atoms with van der Waals surface area (Å²) < 4.78 is 5.90. The molecule has 1 amide bonds. The summed E-state index contributed by atoms with van der Waals surface area (Å²) >= 11 is 0. The Bertz CT molecular complexity index is 1010. The second-order valence-corrected chi connectivity index (χ2v) is 12.9. The fraction of sp³-hybridized carbons (Fsp3) is 0.651. The van der Waals surface area contributed by atoms with Crippen molar-refractivity contribution in [2.24, 2.45) is 5.73 Å². The first kappa shape index (κ1) is 46.8. The quantitative estimate of drug-likeness (QED) is 0.0350. The fourth-order valence-electron chi connectivity index (χ4n) is 5.34. The van der Waals surface area contributed by atoms with Gasteiger partial charge in [-0.05, 0) is 103 Å². The number of unbranched alkanes of at least 4 members (excludes halogenated alkanes) is 10. The molecule has 0 radical (unpaired) electrons. The number of amides is 1. The number of carboxylic acid groups (broad SMARTS) is 1. The molecule has 2 atom stereocenters. The number of allylic oxidation sites excluding steroid dienone is 11. The van der Waals surface area contributed by atoms with Crippen molar-refractivity contribution in [2.75, 3.05) is 6.54 Å². The molecule has 0 bridgehead atoms. The minimum atomic E-state index is -1.01. The minimum Gasteiger partial charge on any atom is -0.480 e. The number of carbonyl (C=O) groups excluding carboxylic acids is 2. The number of nitrogens with two attached hydrogens (primary N) is 1. The van der Waals surface area contributed by atoms with Crippen LogP contribution in [0.5, 0.6) is 0 Å². The molecule has 50 heavy (non-hydrogen) atoms. The first-order chi connectivity index (χ1) is 24.4. The molecule has 4 N–H and O–H groups in total. The van der Waals surface area contributed by atoms with Gasteiger partial charge >= 0.3 is 11.9 Å². The number of hydrogen-bond acceptors (Lipinski definition) is 5. The average molecular weight is 697 g/mol. The molecule has 2 unspecified atom stereocenters. The van der Waals surface area contributed by atoms with Crippen molar-refractivity contribution in [2.45, 2.75) is 174 Å². The van der Waals surface area contributed by atoms with Gasteiger partial charge in [0.1, 0.15) is 12.1 Å². The number of ether oxygens (including phenoxy) is 1. The standard InChI is InChI=1S/C43H72N2O5/c1-3-5-7-9-11-13-14-15-16-17-18-19-21-27-31-37-42(47)50-39(33-28-24-20-12-10-8-6-4-2)34-29-25-22-23-26-30-36-41(46)45-40(43(48)49)35-32-38-44/h5-8,11-13,15-16,20,28,33,39-40H,3-4,9-10,14,17-19,21-27,29-32,34-38,44H2,1-2H3,(H,45,46)(H,48,49)/b7-5-,8-6-,13-11-,16-15-,20-12-,33-28-. The maximum atomic E-state index is 12.7. The van der Waals surface area contributed by atoms with Crippen LogP contribution in [0.1, 0.15) is 162 Å². The van der Waals surface area contributed by atoms with E-state index in [9.17, 15) is 19.5 Å². The summed E-state index contributed by atoms with van der Waals surface area (Å²) in [6.45, 7) is 4.69. The lowest BCUT2D eigenvalue weighted by Gasteiger charge is -2.15. The molecule has 284 valence electrons. The molecule has 0 spiro atoms. The summed E-state index contributed by atoms with van der Waals surface area (Å²) in [5.74, 6) is -1.33. The summed E-state index contributed by atoms with van der Waals surface area (Å²) in [4.78, 5) is 36.1. The second-order valence-electron chi connectivity index (χ2n) is 12.9. The Hall–Kier alpha value is -3.19. The van der Waals surface area contributed by atoms with Crippen LogP contribution in [-0.2, 0) is 19.1 Å². The second kappa shape index (κ2) is 37.1. The van der Waals surface area contributed by atoms with Gasteiger partial charge in [-0.15, -0.1) is 0 Å². The van der Waals surface area contributed by atoms with E-state index in [0.29, 0.717) is 32.2 Å². The van der Waals surface area contributed by atoms with Crippen LogP contribution in [-0.4, -0.2) is 41.6 Å². The van der Waals surface area contributed by atoms with Crippen LogP contribution in [0.4, 0.5) is 0 Å². The lowest BCUT2D eigenvalue weighted by molar-refractivity contribution is -0.147. The Kier molecular flexibility index (Phi) is 34.7. The van der Waals surface area contributed by atoms with E-state index in [1.807, 2.05) is 6.08 Å². The van der Waals surface area contributed by atoms with Crippen molar-refractivity contribution < 1.29 is 24.2 Å². The van der Waals surface area contributed by atoms with Gasteiger partial charge < -0.3 is 20.9 Å². The topological polar surface area (TPSA) is 119 Å². The van der Waals surface area contributed by atoms with E-state index in [2.05, 4.69) is 86.0 Å². The van der Waals surface area contributed by atoms with Crippen LogP contribution < -0.4 is 11.1 Å². The predicted molar refractivity (Wildman–Crippen MR) is 211 cm³/mol. The monoisotopic (exact) mass is 697 g/mol. The molecule has 0 aromatic heterocycles. The molecule has 7 nitrogen and oxygen atoms in total. The summed E-state index contributed by atoms with van der Waals surface area (Å²) in [6.07, 6.45) is 46.8. The average Bonchev–Trinajstić information content (AvgIpc) is 3.10. The highest BCUT2D eigenvalue weighted by atomic mass is 16.5. The van der Waals surface area contributed by atoms with Gasteiger partial charge in [-0.1, -0.05) is 126 Å². The zero-order valence-electron chi connectivity index (χ0n) is 31.7. The summed E-state index contributed by atoms with van der Waals surface area (Å²) in [5.41, 5.74) is 5.46. The summed E-state index contributed by atoms with van der Waals surface area (Å²) in [5, 5.41) is 11.9. The van der Waals surface area contributed by atoms with Crippen LogP contribution in [0.3, 0.4) is 0 Å². The van der Waals surface area contributed by atoms with Gasteiger partial charge in [0, 0.05) is 12.8 Å². The van der Waals surface area contributed by atoms with Crippen molar-refractivity contribution in [1.82, 2.24) is 5.32 Å². The van der Waals surface area contributed by atoms with Crippen molar-refractivity contribution in [3.63, 3.8) is 0 Å². The number of carbonyl (C=O) groups is 3. The molecular weight excluding hydrogens is 624 g/mol. The molecule has 0 aliphatic carbocycles. The van der Waals surface area contributed by atoms with E-state index in [4.69, 9.17) is 10.5 Å². The normalized spacial score (nSPS) is 13.5. The van der Waals surface area contributed by atoms with E-state index in [-0.39, 0.29) is 18.0 Å². The maximum Gasteiger partial charge on any atom is 0.326 e.